The van der Waals surface area contributed by atoms with E-state index in [9.17, 15) is 13.2 Å². The van der Waals surface area contributed by atoms with Crippen LogP contribution in [0.1, 0.15) is 5.56 Å². The molecule has 0 radical (unpaired) electrons. The van der Waals surface area contributed by atoms with Crippen LogP contribution in [0.5, 0.6) is 0 Å². The van der Waals surface area contributed by atoms with E-state index in [0.717, 1.165) is 12.1 Å². The number of nitrogens with zero attached hydrogens (tertiary/aromatic N) is 2. The van der Waals surface area contributed by atoms with E-state index in [1.807, 2.05) is 0 Å². The van der Waals surface area contributed by atoms with Gasteiger partial charge in [0.05, 0.1) is 23.6 Å². The third-order valence-corrected chi connectivity index (χ3v) is 2.28. The van der Waals surface area contributed by atoms with Crippen LogP contribution in [0.2, 0.25) is 0 Å². The summed E-state index contributed by atoms with van der Waals surface area (Å²) in [6.07, 6.45) is -1.56. The van der Waals surface area contributed by atoms with Crippen LogP contribution in [-0.4, -0.2) is 10.2 Å². The van der Waals surface area contributed by atoms with E-state index in [1.165, 1.54) is 24.5 Å². The molecule has 1 heterocycles. The number of benzene rings is 1. The average Bonchev–Trinajstić information content (AvgIpc) is 2.29. The summed E-state index contributed by atoms with van der Waals surface area (Å²) in [7, 11) is 0. The van der Waals surface area contributed by atoms with Crippen molar-refractivity contribution in [2.45, 2.75) is 6.18 Å². The monoisotopic (exact) mass is 239 g/mol. The summed E-state index contributed by atoms with van der Waals surface area (Å²) in [5.41, 5.74) is 6.47. The second-order valence-electron chi connectivity index (χ2n) is 3.43. The molecule has 0 saturated heterocycles. The maximum absolute atomic E-state index is 12.4. The molecule has 0 unspecified atom stereocenters. The van der Waals surface area contributed by atoms with Gasteiger partial charge in [0.25, 0.3) is 0 Å². The van der Waals surface area contributed by atoms with Crippen LogP contribution in [0, 0.1) is 0 Å². The molecular weight excluding hydrogens is 231 g/mol. The highest BCUT2D eigenvalue weighted by atomic mass is 19.4. The highest BCUT2D eigenvalue weighted by Crippen LogP contribution is 2.31. The summed E-state index contributed by atoms with van der Waals surface area (Å²) in [5, 5.41) is 7.21. The first kappa shape index (κ1) is 11.4. The molecule has 0 aliphatic rings. The molecule has 0 amide bonds. The Morgan fingerprint density at radius 3 is 2.06 bits per heavy atom. The third kappa shape index (κ3) is 2.35. The lowest BCUT2D eigenvalue weighted by molar-refractivity contribution is -0.137. The van der Waals surface area contributed by atoms with E-state index in [1.54, 1.807) is 0 Å². The molecule has 0 bridgehead atoms. The van der Waals surface area contributed by atoms with Crippen LogP contribution >= 0.6 is 0 Å². The quantitative estimate of drug-likeness (QED) is 0.832. The highest BCUT2D eigenvalue weighted by Gasteiger charge is 2.29. The molecular formula is C11H8F3N3. The van der Waals surface area contributed by atoms with Gasteiger partial charge in [-0.15, -0.1) is 0 Å². The second-order valence-corrected chi connectivity index (χ2v) is 3.43. The maximum Gasteiger partial charge on any atom is 0.416 e. The van der Waals surface area contributed by atoms with Crippen LogP contribution in [0.4, 0.5) is 18.9 Å². The van der Waals surface area contributed by atoms with Gasteiger partial charge in [-0.25, -0.2) is 0 Å². The molecule has 0 aliphatic heterocycles. The van der Waals surface area contributed by atoms with Crippen LogP contribution in [-0.2, 0) is 6.18 Å². The molecule has 0 atom stereocenters. The lowest BCUT2D eigenvalue weighted by Gasteiger charge is -2.08. The number of anilines is 1. The van der Waals surface area contributed by atoms with Gasteiger partial charge in [-0.05, 0) is 17.7 Å². The normalized spacial score (nSPS) is 11.5. The average molecular weight is 239 g/mol. The Morgan fingerprint density at radius 1 is 0.941 bits per heavy atom. The lowest BCUT2D eigenvalue weighted by atomic mass is 10.0. The Hall–Kier alpha value is -2.11. The van der Waals surface area contributed by atoms with Crippen molar-refractivity contribution in [3.63, 3.8) is 0 Å². The summed E-state index contributed by atoms with van der Waals surface area (Å²) < 4.78 is 37.1. The van der Waals surface area contributed by atoms with Crippen molar-refractivity contribution in [3.05, 3.63) is 42.2 Å². The van der Waals surface area contributed by atoms with Gasteiger partial charge in [-0.3, -0.25) is 0 Å². The number of nitrogen functional groups attached to an aromatic ring is 1. The van der Waals surface area contributed by atoms with Crippen LogP contribution in [0.3, 0.4) is 0 Å². The second kappa shape index (κ2) is 4.04. The summed E-state index contributed by atoms with van der Waals surface area (Å²) in [6, 6.07) is 4.73. The zero-order chi connectivity index (χ0) is 12.5. The van der Waals surface area contributed by atoms with Crippen molar-refractivity contribution < 1.29 is 13.2 Å². The van der Waals surface area contributed by atoms with Crippen LogP contribution in [0.15, 0.2) is 36.7 Å². The number of rotatable bonds is 1. The molecule has 88 valence electrons. The molecule has 1 aromatic heterocycles. The van der Waals surface area contributed by atoms with Gasteiger partial charge in [0, 0.05) is 5.56 Å². The van der Waals surface area contributed by atoms with Crippen molar-refractivity contribution >= 4 is 5.69 Å². The molecule has 1 aromatic carbocycles. The molecule has 2 aromatic rings. The summed E-state index contributed by atoms with van der Waals surface area (Å²) >= 11 is 0. The Labute approximate surface area is 95.1 Å². The van der Waals surface area contributed by atoms with E-state index >= 15 is 0 Å². The van der Waals surface area contributed by atoms with Crippen LogP contribution < -0.4 is 5.73 Å². The first-order valence-electron chi connectivity index (χ1n) is 4.72. The molecule has 0 fully saturated rings. The first-order chi connectivity index (χ1) is 7.98. The Bertz CT molecular complexity index is 520. The molecule has 17 heavy (non-hydrogen) atoms. The fourth-order valence-corrected chi connectivity index (χ4v) is 1.41. The zero-order valence-corrected chi connectivity index (χ0v) is 8.57. The zero-order valence-electron chi connectivity index (χ0n) is 8.57. The van der Waals surface area contributed by atoms with Crippen molar-refractivity contribution in [1.29, 1.82) is 0 Å². The van der Waals surface area contributed by atoms with Crippen molar-refractivity contribution in [3.8, 4) is 11.1 Å². The Balaban J connectivity index is 2.40. The topological polar surface area (TPSA) is 51.8 Å². The molecule has 6 heteroatoms. The lowest BCUT2D eigenvalue weighted by Crippen LogP contribution is -2.04. The van der Waals surface area contributed by atoms with E-state index < -0.39 is 11.7 Å². The molecule has 0 spiro atoms. The van der Waals surface area contributed by atoms with E-state index in [0.29, 0.717) is 16.8 Å². The van der Waals surface area contributed by atoms with Gasteiger partial charge < -0.3 is 5.73 Å². The maximum atomic E-state index is 12.4. The van der Waals surface area contributed by atoms with E-state index in [4.69, 9.17) is 5.73 Å². The molecule has 2 rings (SSSR count). The number of alkyl halides is 3. The highest BCUT2D eigenvalue weighted by molar-refractivity contribution is 5.74. The summed E-state index contributed by atoms with van der Waals surface area (Å²) in [6.45, 7) is 0. The van der Waals surface area contributed by atoms with Gasteiger partial charge in [0.2, 0.25) is 0 Å². The number of halogens is 3. The number of hydrogen-bond acceptors (Lipinski definition) is 3. The predicted octanol–water partition coefficient (Wildman–Crippen LogP) is 2.74. The number of nitrogens with two attached hydrogens (primary N) is 1. The molecule has 0 aliphatic carbocycles. The largest absolute Gasteiger partial charge is 0.416 e. The first-order valence-corrected chi connectivity index (χ1v) is 4.72. The van der Waals surface area contributed by atoms with Gasteiger partial charge >= 0.3 is 6.18 Å². The third-order valence-electron chi connectivity index (χ3n) is 2.28. The van der Waals surface area contributed by atoms with E-state index in [-0.39, 0.29) is 0 Å². The minimum absolute atomic E-state index is 0.375. The summed E-state index contributed by atoms with van der Waals surface area (Å²) in [4.78, 5) is 0. The number of aromatic nitrogens is 2. The smallest absolute Gasteiger partial charge is 0.397 e. The summed E-state index contributed by atoms with van der Waals surface area (Å²) in [5.74, 6) is 0. The van der Waals surface area contributed by atoms with Crippen molar-refractivity contribution in [1.82, 2.24) is 10.2 Å². The Morgan fingerprint density at radius 2 is 1.53 bits per heavy atom. The number of hydrogen-bond donors (Lipinski definition) is 1. The van der Waals surface area contributed by atoms with Gasteiger partial charge in [-0.1, -0.05) is 12.1 Å². The molecule has 2 N–H and O–H groups in total. The standard InChI is InChI=1S/C11H8F3N3/c12-11(13,14)8-3-1-7(2-4-8)9-5-16-17-6-10(9)15/h1-6H,(H2,15,16). The predicted molar refractivity (Wildman–Crippen MR) is 56.9 cm³/mol. The Kier molecular flexibility index (Phi) is 2.71. The fourth-order valence-electron chi connectivity index (χ4n) is 1.41. The SMILES string of the molecule is Nc1cnncc1-c1ccc(C(F)(F)F)cc1. The minimum atomic E-state index is -4.33. The minimum Gasteiger partial charge on any atom is -0.397 e. The fraction of sp³-hybridized carbons (Fsp3) is 0.0909. The van der Waals surface area contributed by atoms with Crippen LogP contribution in [0.25, 0.3) is 11.1 Å². The van der Waals surface area contributed by atoms with Gasteiger partial charge in [-0.2, -0.15) is 23.4 Å². The van der Waals surface area contributed by atoms with E-state index in [2.05, 4.69) is 10.2 Å². The molecule has 3 nitrogen and oxygen atoms in total. The van der Waals surface area contributed by atoms with Crippen molar-refractivity contribution in [2.75, 3.05) is 5.73 Å². The van der Waals surface area contributed by atoms with Gasteiger partial charge in [0.15, 0.2) is 0 Å². The van der Waals surface area contributed by atoms with Gasteiger partial charge in [0.1, 0.15) is 0 Å². The molecule has 0 saturated carbocycles. The van der Waals surface area contributed by atoms with Crippen molar-refractivity contribution in [2.24, 2.45) is 0 Å².